The molecule has 0 aliphatic carbocycles. The summed E-state index contributed by atoms with van der Waals surface area (Å²) in [6, 6.07) is 12.8. The largest absolute Gasteiger partial charge is 0.504 e. The molecule has 0 spiro atoms. The number of para-hydroxylation sites is 2. The quantitative estimate of drug-likeness (QED) is 0.898. The second-order valence-corrected chi connectivity index (χ2v) is 5.96. The highest BCUT2D eigenvalue weighted by Gasteiger charge is 2.36. The summed E-state index contributed by atoms with van der Waals surface area (Å²) < 4.78 is 5.21. The van der Waals surface area contributed by atoms with Gasteiger partial charge >= 0.3 is 0 Å². The van der Waals surface area contributed by atoms with Crippen LogP contribution in [0.5, 0.6) is 11.5 Å². The van der Waals surface area contributed by atoms with E-state index < -0.39 is 6.17 Å². The van der Waals surface area contributed by atoms with Crippen LogP contribution in [0.4, 0.5) is 5.69 Å². The normalized spacial score (nSPS) is 17.9. The molecule has 2 N–H and O–H groups in total. The summed E-state index contributed by atoms with van der Waals surface area (Å²) in [6.07, 6.45) is 0.369. The number of nitrogens with one attached hydrogen (secondary N) is 1. The first-order valence-corrected chi connectivity index (χ1v) is 8.12. The van der Waals surface area contributed by atoms with Crippen LogP contribution in [0.25, 0.3) is 0 Å². The Hall–Kier alpha value is -2.69. The van der Waals surface area contributed by atoms with Gasteiger partial charge in [-0.05, 0) is 31.5 Å². The van der Waals surface area contributed by atoms with Crippen LogP contribution < -0.4 is 10.1 Å². The van der Waals surface area contributed by atoms with Gasteiger partial charge in [0.1, 0.15) is 6.17 Å². The van der Waals surface area contributed by atoms with E-state index in [2.05, 4.69) is 5.32 Å². The van der Waals surface area contributed by atoms with E-state index in [-0.39, 0.29) is 17.7 Å². The molecule has 5 heteroatoms. The van der Waals surface area contributed by atoms with Crippen LogP contribution in [-0.4, -0.2) is 29.1 Å². The van der Waals surface area contributed by atoms with Gasteiger partial charge in [-0.2, -0.15) is 0 Å². The van der Waals surface area contributed by atoms with Crippen LogP contribution in [0.2, 0.25) is 0 Å². The van der Waals surface area contributed by atoms with Gasteiger partial charge in [-0.3, -0.25) is 4.79 Å². The molecule has 126 valence electrons. The molecule has 0 aromatic heterocycles. The molecule has 1 aliphatic rings. The molecule has 24 heavy (non-hydrogen) atoms. The number of hydrogen-bond donors (Lipinski definition) is 2. The maximum absolute atomic E-state index is 13.0. The van der Waals surface area contributed by atoms with Crippen molar-refractivity contribution in [1.82, 2.24) is 4.90 Å². The Balaban J connectivity index is 2.13. The van der Waals surface area contributed by atoms with E-state index in [1.807, 2.05) is 50.2 Å². The first-order chi connectivity index (χ1) is 11.6. The van der Waals surface area contributed by atoms with Gasteiger partial charge in [-0.25, -0.2) is 0 Å². The van der Waals surface area contributed by atoms with Gasteiger partial charge in [0.05, 0.1) is 12.7 Å². The van der Waals surface area contributed by atoms with E-state index in [1.54, 1.807) is 11.0 Å². The predicted octanol–water partition coefficient (Wildman–Crippen LogP) is 3.77. The highest BCUT2D eigenvalue weighted by Crippen LogP contribution is 2.41. The minimum atomic E-state index is -0.447. The molecule has 2 aromatic rings. The summed E-state index contributed by atoms with van der Waals surface area (Å²) in [4.78, 5) is 14.8. The fraction of sp³-hybridized carbons (Fsp3) is 0.316. The van der Waals surface area contributed by atoms with Crippen LogP contribution in [0.15, 0.2) is 42.5 Å². The number of carbonyl (C=O) groups excluding carboxylic acids is 1. The average molecular weight is 326 g/mol. The van der Waals surface area contributed by atoms with Crippen molar-refractivity contribution in [3.05, 3.63) is 53.6 Å². The summed E-state index contributed by atoms with van der Waals surface area (Å²) in [5.74, 6) is 0.411. The van der Waals surface area contributed by atoms with Gasteiger partial charge in [0.2, 0.25) is 0 Å². The molecule has 0 radical (unpaired) electrons. The molecule has 0 saturated carbocycles. The third kappa shape index (κ3) is 2.56. The zero-order valence-electron chi connectivity index (χ0n) is 14.1. The van der Waals surface area contributed by atoms with E-state index in [1.165, 1.54) is 7.11 Å². The van der Waals surface area contributed by atoms with Crippen molar-refractivity contribution in [1.29, 1.82) is 0 Å². The first kappa shape index (κ1) is 16.2. The Morgan fingerprint density at radius 1 is 1.25 bits per heavy atom. The standard InChI is InChI=1S/C19H22N2O3/c1-4-12(2)21-18(14-9-7-11-16(24-3)17(14)22)20-15-10-6-5-8-13(15)19(21)23/h5-12,18,20,22H,4H2,1-3H3/t12-,18-/m1/s1. The van der Waals surface area contributed by atoms with Crippen LogP contribution in [0, 0.1) is 0 Å². The van der Waals surface area contributed by atoms with E-state index in [4.69, 9.17) is 4.74 Å². The van der Waals surface area contributed by atoms with Crippen LogP contribution in [0.3, 0.4) is 0 Å². The van der Waals surface area contributed by atoms with Gasteiger partial charge in [0.15, 0.2) is 11.5 Å². The molecule has 5 nitrogen and oxygen atoms in total. The number of carbonyl (C=O) groups is 1. The lowest BCUT2D eigenvalue weighted by Crippen LogP contribution is -2.47. The van der Waals surface area contributed by atoms with Crippen molar-refractivity contribution in [3.63, 3.8) is 0 Å². The molecule has 1 aliphatic heterocycles. The molecule has 1 amide bonds. The Labute approximate surface area is 141 Å². The number of phenols is 1. The van der Waals surface area contributed by atoms with Crippen LogP contribution in [0.1, 0.15) is 42.4 Å². The number of rotatable bonds is 4. The van der Waals surface area contributed by atoms with Gasteiger partial charge in [0.25, 0.3) is 5.91 Å². The summed E-state index contributed by atoms with van der Waals surface area (Å²) in [5.41, 5.74) is 2.04. The van der Waals surface area contributed by atoms with Crippen molar-refractivity contribution in [3.8, 4) is 11.5 Å². The Kier molecular flexibility index (Phi) is 4.34. The molecular weight excluding hydrogens is 304 g/mol. The summed E-state index contributed by atoms with van der Waals surface area (Å²) >= 11 is 0. The number of anilines is 1. The van der Waals surface area contributed by atoms with Gasteiger partial charge in [-0.15, -0.1) is 0 Å². The number of fused-ring (bicyclic) bond motifs is 1. The molecule has 0 fully saturated rings. The van der Waals surface area contributed by atoms with Crippen molar-refractivity contribution < 1.29 is 14.6 Å². The van der Waals surface area contributed by atoms with Crippen molar-refractivity contribution in [2.24, 2.45) is 0 Å². The summed E-state index contributed by atoms with van der Waals surface area (Å²) in [6.45, 7) is 4.05. The summed E-state index contributed by atoms with van der Waals surface area (Å²) in [5, 5.41) is 13.9. The van der Waals surface area contributed by atoms with Crippen molar-refractivity contribution in [2.75, 3.05) is 12.4 Å². The third-order valence-corrected chi connectivity index (χ3v) is 4.57. The predicted molar refractivity (Wildman–Crippen MR) is 93.4 cm³/mol. The molecule has 0 unspecified atom stereocenters. The smallest absolute Gasteiger partial charge is 0.258 e. The lowest BCUT2D eigenvalue weighted by atomic mass is 10.00. The number of benzene rings is 2. The zero-order valence-corrected chi connectivity index (χ0v) is 14.1. The summed E-state index contributed by atoms with van der Waals surface area (Å²) in [7, 11) is 1.51. The second-order valence-electron chi connectivity index (χ2n) is 5.96. The van der Waals surface area contributed by atoms with Crippen molar-refractivity contribution >= 4 is 11.6 Å². The number of methoxy groups -OCH3 is 1. The molecule has 2 aromatic carbocycles. The topological polar surface area (TPSA) is 61.8 Å². The molecule has 0 saturated heterocycles. The lowest BCUT2D eigenvalue weighted by molar-refractivity contribution is 0.0591. The number of phenolic OH excluding ortho intramolecular Hbond substituents is 1. The maximum Gasteiger partial charge on any atom is 0.258 e. The lowest BCUT2D eigenvalue weighted by Gasteiger charge is -2.41. The number of aromatic hydroxyl groups is 1. The molecule has 3 rings (SSSR count). The molecular formula is C19H22N2O3. The number of nitrogens with zero attached hydrogens (tertiary/aromatic N) is 1. The second kappa shape index (κ2) is 6.43. The minimum Gasteiger partial charge on any atom is -0.504 e. The van der Waals surface area contributed by atoms with E-state index in [0.29, 0.717) is 16.9 Å². The van der Waals surface area contributed by atoms with E-state index >= 15 is 0 Å². The zero-order chi connectivity index (χ0) is 17.3. The van der Waals surface area contributed by atoms with Gasteiger partial charge in [-0.1, -0.05) is 31.2 Å². The third-order valence-electron chi connectivity index (χ3n) is 4.57. The number of amides is 1. The molecule has 0 bridgehead atoms. The Bertz CT molecular complexity index is 760. The highest BCUT2D eigenvalue weighted by molar-refractivity contribution is 6.02. The average Bonchev–Trinajstić information content (AvgIpc) is 2.61. The maximum atomic E-state index is 13.0. The van der Waals surface area contributed by atoms with Crippen LogP contribution >= 0.6 is 0 Å². The van der Waals surface area contributed by atoms with Gasteiger partial charge in [0, 0.05) is 17.3 Å². The Morgan fingerprint density at radius 3 is 2.71 bits per heavy atom. The van der Waals surface area contributed by atoms with E-state index in [0.717, 1.165) is 12.1 Å². The fourth-order valence-electron chi connectivity index (χ4n) is 3.07. The molecule has 1 heterocycles. The van der Waals surface area contributed by atoms with Crippen LogP contribution in [-0.2, 0) is 0 Å². The minimum absolute atomic E-state index is 0.0222. The molecule has 2 atom stereocenters. The van der Waals surface area contributed by atoms with E-state index in [9.17, 15) is 9.90 Å². The fourth-order valence-corrected chi connectivity index (χ4v) is 3.07. The van der Waals surface area contributed by atoms with Crippen molar-refractivity contribution in [2.45, 2.75) is 32.5 Å². The number of hydrogen-bond acceptors (Lipinski definition) is 4. The monoisotopic (exact) mass is 326 g/mol. The number of ether oxygens (including phenoxy) is 1. The highest BCUT2D eigenvalue weighted by atomic mass is 16.5. The first-order valence-electron chi connectivity index (χ1n) is 8.12. The SMILES string of the molecule is CC[C@@H](C)N1C(=O)c2ccccc2N[C@H]1c1cccc(OC)c1O. The van der Waals surface area contributed by atoms with Gasteiger partial charge < -0.3 is 20.1 Å². The Morgan fingerprint density at radius 2 is 2.00 bits per heavy atom.